The fourth-order valence-corrected chi connectivity index (χ4v) is 1.83. The zero-order valence-corrected chi connectivity index (χ0v) is 14.3. The number of methoxy groups -OCH3 is 1. The van der Waals surface area contributed by atoms with Crippen LogP contribution in [0.15, 0.2) is 24.3 Å². The van der Waals surface area contributed by atoms with Crippen LogP contribution < -0.4 is 0 Å². The van der Waals surface area contributed by atoms with Gasteiger partial charge in [-0.1, -0.05) is 12.1 Å². The molecular formula is C18H22N2O4. The predicted octanol–water partition coefficient (Wildman–Crippen LogP) is 2.86. The number of ether oxygens (including phenoxy) is 1. The van der Waals surface area contributed by atoms with E-state index < -0.39 is 0 Å². The van der Waals surface area contributed by atoms with E-state index >= 15 is 0 Å². The van der Waals surface area contributed by atoms with Gasteiger partial charge in [-0.15, -0.1) is 0 Å². The van der Waals surface area contributed by atoms with Crippen molar-refractivity contribution in [2.45, 2.75) is 27.4 Å². The molecule has 0 bridgehead atoms. The van der Waals surface area contributed by atoms with Crippen LogP contribution in [0.4, 0.5) is 0 Å². The number of carbonyl (C=O) groups excluding carboxylic acids is 1. The average molecular weight is 330 g/mol. The Labute approximate surface area is 141 Å². The van der Waals surface area contributed by atoms with E-state index in [9.17, 15) is 4.79 Å². The van der Waals surface area contributed by atoms with Crippen molar-refractivity contribution in [2.75, 3.05) is 7.11 Å². The van der Waals surface area contributed by atoms with Gasteiger partial charge in [0.05, 0.1) is 29.4 Å². The number of aryl methyl sites for hydroxylation is 3. The number of aromatic hydroxyl groups is 2. The van der Waals surface area contributed by atoms with Crippen LogP contribution in [-0.4, -0.2) is 33.6 Å². The highest BCUT2D eigenvalue weighted by Crippen LogP contribution is 2.25. The van der Waals surface area contributed by atoms with Gasteiger partial charge in [0.2, 0.25) is 0 Å². The first-order valence-electron chi connectivity index (χ1n) is 7.32. The van der Waals surface area contributed by atoms with E-state index in [1.165, 1.54) is 24.3 Å². The summed E-state index contributed by atoms with van der Waals surface area (Å²) in [6, 6.07) is 4.32. The summed E-state index contributed by atoms with van der Waals surface area (Å²) < 4.78 is 5.00. The maximum atomic E-state index is 9.93. The molecule has 6 nitrogen and oxygen atoms in total. The third-order valence-electron chi connectivity index (χ3n) is 3.23. The van der Waals surface area contributed by atoms with Gasteiger partial charge in [0.15, 0.2) is 11.5 Å². The number of hydrogen-bond acceptors (Lipinski definition) is 6. The molecule has 0 atom stereocenters. The Balaban J connectivity index is 0.000000240. The molecule has 0 saturated heterocycles. The largest absolute Gasteiger partial charge is 0.504 e. The fourth-order valence-electron chi connectivity index (χ4n) is 1.83. The van der Waals surface area contributed by atoms with Gasteiger partial charge in [-0.05, 0) is 44.5 Å². The van der Waals surface area contributed by atoms with Crippen molar-refractivity contribution in [1.82, 2.24) is 9.97 Å². The summed E-state index contributed by atoms with van der Waals surface area (Å²) >= 11 is 0. The van der Waals surface area contributed by atoms with Crippen molar-refractivity contribution in [3.05, 3.63) is 52.6 Å². The van der Waals surface area contributed by atoms with Crippen LogP contribution >= 0.6 is 0 Å². The standard InChI is InChI=1S/C9H14N2O.C9H8O3/c1-6-7(2)11-9(5-12-4)8(3)10-6;10-5-1-2-7-3-4-8(11)9(12)6-7/h5H2,1-4H3;1-6,11-12H/b;2-1+. The first-order valence-corrected chi connectivity index (χ1v) is 7.32. The molecule has 1 aromatic carbocycles. The average Bonchev–Trinajstić information content (AvgIpc) is 2.54. The number of benzene rings is 1. The van der Waals surface area contributed by atoms with E-state index in [0.717, 1.165) is 22.8 Å². The van der Waals surface area contributed by atoms with Gasteiger partial charge in [0.1, 0.15) is 6.29 Å². The summed E-state index contributed by atoms with van der Waals surface area (Å²) in [7, 11) is 1.66. The van der Waals surface area contributed by atoms with Gasteiger partial charge in [0.25, 0.3) is 0 Å². The second-order valence-electron chi connectivity index (χ2n) is 5.10. The molecule has 2 N–H and O–H groups in total. The highest BCUT2D eigenvalue weighted by Gasteiger charge is 2.03. The van der Waals surface area contributed by atoms with Crippen molar-refractivity contribution >= 4 is 12.4 Å². The lowest BCUT2D eigenvalue weighted by Crippen LogP contribution is -2.03. The summed E-state index contributed by atoms with van der Waals surface area (Å²) in [5, 5.41) is 18.0. The lowest BCUT2D eigenvalue weighted by molar-refractivity contribution is -0.104. The van der Waals surface area contributed by atoms with Crippen molar-refractivity contribution in [2.24, 2.45) is 0 Å². The number of phenols is 2. The van der Waals surface area contributed by atoms with Crippen molar-refractivity contribution in [1.29, 1.82) is 0 Å². The van der Waals surface area contributed by atoms with Crippen LogP contribution in [0.5, 0.6) is 11.5 Å². The molecular weight excluding hydrogens is 308 g/mol. The number of aromatic nitrogens is 2. The molecule has 2 aromatic rings. The zero-order chi connectivity index (χ0) is 18.1. The van der Waals surface area contributed by atoms with Gasteiger partial charge in [-0.25, -0.2) is 0 Å². The molecule has 2 rings (SSSR count). The summed E-state index contributed by atoms with van der Waals surface area (Å²) in [5.41, 5.74) is 4.53. The molecule has 24 heavy (non-hydrogen) atoms. The molecule has 0 spiro atoms. The summed E-state index contributed by atoms with van der Waals surface area (Å²) in [6.07, 6.45) is 3.49. The first kappa shape index (κ1) is 19.3. The van der Waals surface area contributed by atoms with Crippen LogP contribution in [0.1, 0.15) is 28.3 Å². The summed E-state index contributed by atoms with van der Waals surface area (Å²) in [6.45, 7) is 6.42. The predicted molar refractivity (Wildman–Crippen MR) is 91.8 cm³/mol. The molecule has 128 valence electrons. The fraction of sp³-hybridized carbons (Fsp3) is 0.278. The molecule has 0 unspecified atom stereocenters. The van der Waals surface area contributed by atoms with E-state index in [-0.39, 0.29) is 11.5 Å². The number of hydrogen-bond donors (Lipinski definition) is 2. The minimum absolute atomic E-state index is 0.168. The Morgan fingerprint density at radius 2 is 1.71 bits per heavy atom. The minimum atomic E-state index is -0.192. The Bertz CT molecular complexity index is 727. The number of nitrogens with zero attached hydrogens (tertiary/aromatic N) is 2. The number of rotatable bonds is 4. The lowest BCUT2D eigenvalue weighted by Gasteiger charge is -2.06. The van der Waals surface area contributed by atoms with Crippen LogP contribution in [0.25, 0.3) is 6.08 Å². The lowest BCUT2D eigenvalue weighted by atomic mass is 10.2. The normalized spacial score (nSPS) is 10.3. The molecule has 0 aliphatic heterocycles. The molecule has 0 fully saturated rings. The zero-order valence-electron chi connectivity index (χ0n) is 14.3. The SMILES string of the molecule is COCc1nc(C)c(C)nc1C.O=C/C=C/c1ccc(O)c(O)c1. The van der Waals surface area contributed by atoms with Gasteiger partial charge < -0.3 is 14.9 Å². The third kappa shape index (κ3) is 5.81. The maximum absolute atomic E-state index is 9.93. The van der Waals surface area contributed by atoms with Crippen LogP contribution in [0.2, 0.25) is 0 Å². The van der Waals surface area contributed by atoms with E-state index in [1.54, 1.807) is 13.2 Å². The molecule has 1 heterocycles. The van der Waals surface area contributed by atoms with E-state index in [2.05, 4.69) is 9.97 Å². The third-order valence-corrected chi connectivity index (χ3v) is 3.23. The molecule has 0 saturated carbocycles. The molecule has 0 aliphatic rings. The quantitative estimate of drug-likeness (QED) is 0.509. The monoisotopic (exact) mass is 330 g/mol. The molecule has 1 aromatic heterocycles. The van der Waals surface area contributed by atoms with E-state index in [4.69, 9.17) is 14.9 Å². The topological polar surface area (TPSA) is 92.5 Å². The Morgan fingerprint density at radius 3 is 2.29 bits per heavy atom. The minimum Gasteiger partial charge on any atom is -0.504 e. The Hall–Kier alpha value is -2.73. The van der Waals surface area contributed by atoms with Gasteiger partial charge in [-0.2, -0.15) is 0 Å². The van der Waals surface area contributed by atoms with Gasteiger partial charge >= 0.3 is 0 Å². The smallest absolute Gasteiger partial charge is 0.157 e. The van der Waals surface area contributed by atoms with Gasteiger partial charge in [-0.3, -0.25) is 14.8 Å². The molecule has 0 amide bonds. The van der Waals surface area contributed by atoms with Crippen molar-refractivity contribution in [3.63, 3.8) is 0 Å². The van der Waals surface area contributed by atoms with Crippen LogP contribution in [0, 0.1) is 20.8 Å². The number of phenolic OH excluding ortho intramolecular Hbond substituents is 2. The van der Waals surface area contributed by atoms with Crippen LogP contribution in [-0.2, 0) is 16.1 Å². The highest BCUT2D eigenvalue weighted by molar-refractivity contribution is 5.74. The first-order chi connectivity index (χ1) is 11.4. The second kappa shape index (κ2) is 9.42. The molecule has 0 aliphatic carbocycles. The van der Waals surface area contributed by atoms with Crippen LogP contribution in [0.3, 0.4) is 0 Å². The van der Waals surface area contributed by atoms with Gasteiger partial charge in [0, 0.05) is 7.11 Å². The number of aldehydes is 1. The van der Waals surface area contributed by atoms with Crippen molar-refractivity contribution in [3.8, 4) is 11.5 Å². The maximum Gasteiger partial charge on any atom is 0.157 e. The van der Waals surface area contributed by atoms with E-state index in [0.29, 0.717) is 18.5 Å². The summed E-state index contributed by atoms with van der Waals surface area (Å²) in [4.78, 5) is 18.7. The number of allylic oxidation sites excluding steroid dienone is 1. The Morgan fingerprint density at radius 1 is 1.04 bits per heavy atom. The highest BCUT2D eigenvalue weighted by atomic mass is 16.5. The Kier molecular flexibility index (Phi) is 7.58. The molecule has 6 heteroatoms. The molecule has 0 radical (unpaired) electrons. The van der Waals surface area contributed by atoms with E-state index in [1.807, 2.05) is 20.8 Å². The second-order valence-corrected chi connectivity index (χ2v) is 5.10. The summed E-state index contributed by atoms with van der Waals surface area (Å²) in [5.74, 6) is -0.360. The number of carbonyl (C=O) groups is 1. The van der Waals surface area contributed by atoms with Crippen molar-refractivity contribution < 1.29 is 19.7 Å².